The molecule has 4 heterocycles. The quantitative estimate of drug-likeness (QED) is 0.643. The van der Waals surface area contributed by atoms with Crippen molar-refractivity contribution < 1.29 is 9.13 Å². The Kier molecular flexibility index (Phi) is 5.47. The smallest absolute Gasteiger partial charge is 0.227 e. The molecule has 0 aliphatic carbocycles. The number of imidazole rings is 1. The number of morpholine rings is 1. The zero-order valence-corrected chi connectivity index (χ0v) is 16.2. The normalized spacial score (nSPS) is 15.2. The zero-order valence-electron chi connectivity index (χ0n) is 16.2. The van der Waals surface area contributed by atoms with Crippen molar-refractivity contribution in [1.29, 1.82) is 0 Å². The van der Waals surface area contributed by atoms with E-state index in [2.05, 4.69) is 40.5 Å². The van der Waals surface area contributed by atoms with Crippen LogP contribution in [0.4, 0.5) is 27.8 Å². The van der Waals surface area contributed by atoms with E-state index < -0.39 is 5.82 Å². The molecule has 0 aromatic carbocycles. The molecule has 0 spiro atoms. The van der Waals surface area contributed by atoms with Crippen LogP contribution in [0.5, 0.6) is 0 Å². The molecule has 0 amide bonds. The lowest BCUT2D eigenvalue weighted by atomic mass is 10.3. The number of nitrogens with one attached hydrogen (secondary N) is 2. The van der Waals surface area contributed by atoms with Gasteiger partial charge in [-0.1, -0.05) is 0 Å². The van der Waals surface area contributed by atoms with Crippen molar-refractivity contribution in [2.45, 2.75) is 13.0 Å². The first kappa shape index (κ1) is 19.0. The molecule has 0 saturated carbocycles. The van der Waals surface area contributed by atoms with E-state index in [0.717, 1.165) is 31.3 Å². The highest BCUT2D eigenvalue weighted by Crippen LogP contribution is 2.23. The maximum absolute atomic E-state index is 13.1. The highest BCUT2D eigenvalue weighted by molar-refractivity contribution is 5.59. The fourth-order valence-corrected chi connectivity index (χ4v) is 2.93. The molecular formula is C18H22FN9O. The highest BCUT2D eigenvalue weighted by Gasteiger charge is 2.17. The van der Waals surface area contributed by atoms with E-state index in [1.807, 2.05) is 30.8 Å². The molecule has 0 bridgehead atoms. The fraction of sp³-hybridized carbons (Fsp3) is 0.389. The minimum absolute atomic E-state index is 0.307. The summed E-state index contributed by atoms with van der Waals surface area (Å²) in [6, 6.07) is 1.57. The third-order valence-electron chi connectivity index (χ3n) is 4.38. The average molecular weight is 399 g/mol. The van der Waals surface area contributed by atoms with Crippen LogP contribution < -0.4 is 15.5 Å². The predicted octanol–water partition coefficient (Wildman–Crippen LogP) is 1.89. The molecule has 1 saturated heterocycles. The molecule has 1 aliphatic rings. The van der Waals surface area contributed by atoms with E-state index >= 15 is 0 Å². The van der Waals surface area contributed by atoms with Crippen molar-refractivity contribution in [3.8, 4) is 0 Å². The Labute approximate surface area is 167 Å². The molecule has 3 aromatic rings. The molecule has 4 rings (SSSR count). The maximum atomic E-state index is 13.1. The molecule has 1 fully saturated rings. The predicted molar refractivity (Wildman–Crippen MR) is 106 cm³/mol. The largest absolute Gasteiger partial charge is 0.378 e. The topological polar surface area (TPSA) is 106 Å². The number of ether oxygens (including phenoxy) is 1. The molecule has 1 aliphatic heterocycles. The summed E-state index contributed by atoms with van der Waals surface area (Å²) in [5.74, 6) is 2.44. The first-order valence-corrected chi connectivity index (χ1v) is 9.27. The summed E-state index contributed by atoms with van der Waals surface area (Å²) in [4.78, 5) is 23.6. The standard InChI is InChI=1S/C18H22FN9O/c1-12(17-20-8-13(19)9-21-17)23-18-25-14(24-15-10-27(2)11-22-15)7-16(26-18)28-3-5-29-6-4-28/h7-12H,3-6H2,1-2H3,(H2,23,24,25,26). The Morgan fingerprint density at radius 1 is 1.10 bits per heavy atom. The summed E-state index contributed by atoms with van der Waals surface area (Å²) in [6.07, 6.45) is 5.84. The Morgan fingerprint density at radius 3 is 2.55 bits per heavy atom. The summed E-state index contributed by atoms with van der Waals surface area (Å²) in [5, 5.41) is 6.40. The molecule has 1 atom stereocenters. The third kappa shape index (κ3) is 4.74. The van der Waals surface area contributed by atoms with Crippen LogP contribution in [-0.2, 0) is 11.8 Å². The second-order valence-electron chi connectivity index (χ2n) is 6.71. The van der Waals surface area contributed by atoms with Gasteiger partial charge in [0.2, 0.25) is 5.95 Å². The van der Waals surface area contributed by atoms with Crippen molar-refractivity contribution in [2.24, 2.45) is 7.05 Å². The van der Waals surface area contributed by atoms with Gasteiger partial charge in [-0.05, 0) is 6.92 Å². The summed E-state index contributed by atoms with van der Waals surface area (Å²) in [6.45, 7) is 4.65. The van der Waals surface area contributed by atoms with E-state index in [9.17, 15) is 4.39 Å². The second kappa shape index (κ2) is 8.35. The number of aromatic nitrogens is 6. The van der Waals surface area contributed by atoms with Crippen LogP contribution in [0.25, 0.3) is 0 Å². The van der Waals surface area contributed by atoms with Crippen LogP contribution in [0.15, 0.2) is 31.0 Å². The van der Waals surface area contributed by atoms with Crippen LogP contribution in [0.1, 0.15) is 18.8 Å². The van der Waals surface area contributed by atoms with Crippen molar-refractivity contribution in [3.05, 3.63) is 42.6 Å². The molecule has 2 N–H and O–H groups in total. The molecule has 29 heavy (non-hydrogen) atoms. The maximum Gasteiger partial charge on any atom is 0.227 e. The van der Waals surface area contributed by atoms with Crippen LogP contribution in [-0.4, -0.2) is 55.8 Å². The van der Waals surface area contributed by atoms with Gasteiger partial charge in [-0.25, -0.2) is 19.3 Å². The SMILES string of the molecule is CC(Nc1nc(Nc2cn(C)cn2)cc(N2CCOCC2)n1)c1ncc(F)cn1. The van der Waals surface area contributed by atoms with Crippen LogP contribution in [0.2, 0.25) is 0 Å². The third-order valence-corrected chi connectivity index (χ3v) is 4.38. The van der Waals surface area contributed by atoms with Gasteiger partial charge in [0.25, 0.3) is 0 Å². The number of halogens is 1. The Hall–Kier alpha value is -3.34. The Bertz CT molecular complexity index is 956. The van der Waals surface area contributed by atoms with Gasteiger partial charge in [0.05, 0.1) is 38.0 Å². The second-order valence-corrected chi connectivity index (χ2v) is 6.71. The fourth-order valence-electron chi connectivity index (χ4n) is 2.93. The van der Waals surface area contributed by atoms with Crippen molar-refractivity contribution in [3.63, 3.8) is 0 Å². The van der Waals surface area contributed by atoms with E-state index in [4.69, 9.17) is 4.74 Å². The molecule has 10 nitrogen and oxygen atoms in total. The van der Waals surface area contributed by atoms with Gasteiger partial charge in [-0.2, -0.15) is 9.97 Å². The molecule has 3 aromatic heterocycles. The Morgan fingerprint density at radius 2 is 1.86 bits per heavy atom. The van der Waals surface area contributed by atoms with E-state index in [-0.39, 0.29) is 6.04 Å². The van der Waals surface area contributed by atoms with Gasteiger partial charge in [-0.3, -0.25) is 0 Å². The molecule has 1 unspecified atom stereocenters. The number of hydrogen-bond donors (Lipinski definition) is 2. The summed E-state index contributed by atoms with van der Waals surface area (Å²) >= 11 is 0. The van der Waals surface area contributed by atoms with Gasteiger partial charge in [-0.15, -0.1) is 0 Å². The van der Waals surface area contributed by atoms with Crippen LogP contribution >= 0.6 is 0 Å². The summed E-state index contributed by atoms with van der Waals surface area (Å²) in [7, 11) is 1.90. The number of nitrogens with zero attached hydrogens (tertiary/aromatic N) is 7. The van der Waals surface area contributed by atoms with Crippen molar-refractivity contribution in [2.75, 3.05) is 41.8 Å². The lowest BCUT2D eigenvalue weighted by Crippen LogP contribution is -2.37. The lowest BCUT2D eigenvalue weighted by Gasteiger charge is -2.28. The minimum Gasteiger partial charge on any atom is -0.378 e. The van der Waals surface area contributed by atoms with E-state index in [1.165, 1.54) is 0 Å². The number of aryl methyl sites for hydroxylation is 1. The molecular weight excluding hydrogens is 377 g/mol. The zero-order chi connectivity index (χ0) is 20.2. The van der Waals surface area contributed by atoms with Gasteiger partial charge in [0.15, 0.2) is 5.82 Å². The summed E-state index contributed by atoms with van der Waals surface area (Å²) in [5.41, 5.74) is 0. The van der Waals surface area contributed by atoms with Crippen LogP contribution in [0.3, 0.4) is 0 Å². The van der Waals surface area contributed by atoms with Gasteiger partial charge in [0, 0.05) is 32.4 Å². The monoisotopic (exact) mass is 399 g/mol. The van der Waals surface area contributed by atoms with Gasteiger partial charge >= 0.3 is 0 Å². The number of anilines is 4. The van der Waals surface area contributed by atoms with Crippen molar-refractivity contribution in [1.82, 2.24) is 29.5 Å². The van der Waals surface area contributed by atoms with Crippen molar-refractivity contribution >= 4 is 23.4 Å². The molecule has 0 radical (unpaired) electrons. The van der Waals surface area contributed by atoms with Crippen LogP contribution in [0, 0.1) is 5.82 Å². The van der Waals surface area contributed by atoms with Gasteiger partial charge < -0.3 is 24.8 Å². The van der Waals surface area contributed by atoms with E-state index in [0.29, 0.717) is 36.6 Å². The number of rotatable bonds is 6. The minimum atomic E-state index is -0.478. The lowest BCUT2D eigenvalue weighted by molar-refractivity contribution is 0.122. The first-order valence-electron chi connectivity index (χ1n) is 9.27. The number of hydrogen-bond acceptors (Lipinski definition) is 9. The first-order chi connectivity index (χ1) is 14.1. The van der Waals surface area contributed by atoms with E-state index in [1.54, 1.807) is 6.33 Å². The average Bonchev–Trinajstić information content (AvgIpc) is 3.13. The highest BCUT2D eigenvalue weighted by atomic mass is 19.1. The summed E-state index contributed by atoms with van der Waals surface area (Å²) < 4.78 is 20.4. The Balaban J connectivity index is 1.60. The van der Waals surface area contributed by atoms with Gasteiger partial charge in [0.1, 0.15) is 23.3 Å². The molecule has 11 heteroatoms. The molecule has 152 valence electrons.